The van der Waals surface area contributed by atoms with Crippen LogP contribution in [0.5, 0.6) is 0 Å². The van der Waals surface area contributed by atoms with Gasteiger partial charge in [-0.25, -0.2) is 4.79 Å². The van der Waals surface area contributed by atoms with E-state index >= 15 is 0 Å². The molecule has 2 N–H and O–H groups in total. The summed E-state index contributed by atoms with van der Waals surface area (Å²) in [5.74, 6) is -0.679. The van der Waals surface area contributed by atoms with Gasteiger partial charge in [-0.15, -0.1) is 0 Å². The van der Waals surface area contributed by atoms with Crippen molar-refractivity contribution in [3.05, 3.63) is 11.6 Å². The normalized spacial score (nSPS) is 47.4. The van der Waals surface area contributed by atoms with Gasteiger partial charge in [0.15, 0.2) is 5.78 Å². The molecule has 0 unspecified atom stereocenters. The number of carbonyl (C=O) groups is 3. The Bertz CT molecular complexity index is 927. The fraction of sp³-hybridized carbons (Fsp3) is 0.800. The Hall–Kier alpha value is -1.93. The molecule has 8 atom stereocenters. The fourth-order valence-corrected chi connectivity index (χ4v) is 8.32. The van der Waals surface area contributed by atoms with Crippen LogP contribution in [-0.4, -0.2) is 58.6 Å². The van der Waals surface area contributed by atoms with Gasteiger partial charge in [0.1, 0.15) is 5.60 Å². The van der Waals surface area contributed by atoms with Crippen molar-refractivity contribution in [2.45, 2.75) is 83.0 Å². The Kier molecular flexibility index (Phi) is 5.04. The molecule has 5 aliphatic rings. The number of carboxylic acid groups (broad SMARTS) is 1. The lowest BCUT2D eigenvalue weighted by atomic mass is 9.43. The Balaban J connectivity index is 1.54. The van der Waals surface area contributed by atoms with Crippen LogP contribution in [0, 0.1) is 28.6 Å². The van der Waals surface area contributed by atoms with E-state index in [1.165, 1.54) is 0 Å². The number of aliphatic hydroxyl groups is 1. The molecule has 0 aromatic heterocycles. The molecule has 4 fully saturated rings. The second-order valence-corrected chi connectivity index (χ2v) is 11.1. The highest BCUT2D eigenvalue weighted by molar-refractivity contribution is 5.92. The number of ketones is 1. The van der Waals surface area contributed by atoms with Gasteiger partial charge < -0.3 is 24.4 Å². The fourth-order valence-electron chi connectivity index (χ4n) is 8.32. The molecule has 1 spiro atoms. The van der Waals surface area contributed by atoms with E-state index < -0.39 is 28.7 Å². The summed E-state index contributed by atoms with van der Waals surface area (Å²) >= 11 is 0. The molecular weight excluding hydrogens is 428 g/mol. The number of epoxide rings is 1. The monoisotopic (exact) mass is 462 g/mol. The van der Waals surface area contributed by atoms with E-state index in [-0.39, 0.29) is 54.7 Å². The van der Waals surface area contributed by atoms with Gasteiger partial charge in [-0.05, 0) is 51.0 Å². The molecule has 0 radical (unpaired) electrons. The van der Waals surface area contributed by atoms with Crippen molar-refractivity contribution in [2.75, 3.05) is 13.2 Å². The number of esters is 1. The van der Waals surface area contributed by atoms with E-state index in [0.717, 1.165) is 12.0 Å². The van der Waals surface area contributed by atoms with Crippen LogP contribution >= 0.6 is 0 Å². The van der Waals surface area contributed by atoms with Crippen LogP contribution in [0.25, 0.3) is 0 Å². The van der Waals surface area contributed by atoms with Gasteiger partial charge in [0.25, 0.3) is 0 Å². The number of hydrogen-bond acceptors (Lipinski definition) is 7. The molecule has 0 aromatic carbocycles. The zero-order valence-electron chi connectivity index (χ0n) is 19.6. The summed E-state index contributed by atoms with van der Waals surface area (Å²) < 4.78 is 16.8. The van der Waals surface area contributed by atoms with Gasteiger partial charge in [-0.3, -0.25) is 9.59 Å². The molecule has 1 saturated heterocycles. The Morgan fingerprint density at radius 1 is 1.24 bits per heavy atom. The lowest BCUT2D eigenvalue weighted by molar-refractivity contribution is -0.165. The van der Waals surface area contributed by atoms with Crippen LogP contribution in [0.4, 0.5) is 4.79 Å². The minimum Gasteiger partial charge on any atom is -0.466 e. The van der Waals surface area contributed by atoms with Crippen molar-refractivity contribution in [1.29, 1.82) is 0 Å². The van der Waals surface area contributed by atoms with Gasteiger partial charge in [-0.2, -0.15) is 0 Å². The molecule has 1 aliphatic heterocycles. The molecule has 182 valence electrons. The maximum Gasteiger partial charge on any atom is 0.505 e. The maximum atomic E-state index is 13.2. The van der Waals surface area contributed by atoms with Crippen molar-refractivity contribution in [1.82, 2.24) is 0 Å². The molecule has 1 heterocycles. The predicted molar refractivity (Wildman–Crippen MR) is 115 cm³/mol. The van der Waals surface area contributed by atoms with E-state index in [9.17, 15) is 19.5 Å². The first kappa shape index (κ1) is 22.8. The third kappa shape index (κ3) is 2.92. The maximum absolute atomic E-state index is 13.2. The number of fused-ring (bicyclic) bond motifs is 3. The van der Waals surface area contributed by atoms with Crippen LogP contribution in [-0.2, 0) is 23.8 Å². The first-order valence-corrected chi connectivity index (χ1v) is 12.2. The molecule has 4 aliphatic carbocycles. The predicted octanol–water partition coefficient (Wildman–Crippen LogP) is 3.25. The molecule has 0 amide bonds. The summed E-state index contributed by atoms with van der Waals surface area (Å²) in [6.45, 7) is 6.26. The molecule has 8 heteroatoms. The lowest BCUT2D eigenvalue weighted by Gasteiger charge is -2.58. The van der Waals surface area contributed by atoms with Gasteiger partial charge in [-0.1, -0.05) is 19.4 Å². The number of rotatable bonds is 5. The molecule has 3 saturated carbocycles. The van der Waals surface area contributed by atoms with Crippen LogP contribution in [0.2, 0.25) is 0 Å². The van der Waals surface area contributed by atoms with E-state index in [4.69, 9.17) is 19.3 Å². The van der Waals surface area contributed by atoms with Crippen LogP contribution < -0.4 is 0 Å². The van der Waals surface area contributed by atoms with Gasteiger partial charge >= 0.3 is 12.1 Å². The molecule has 8 nitrogen and oxygen atoms in total. The SMILES string of the molecule is CCOC(=O)[C@@H]1CC2=CC(=O)CC[C@]2(C)[C@@]23O[C@@H]2C[C@@]2(C)[C@@H](CC[C@@]2(O)CCOC(=O)O)[C@H]13. The van der Waals surface area contributed by atoms with Crippen molar-refractivity contribution >= 4 is 17.9 Å². The van der Waals surface area contributed by atoms with Crippen molar-refractivity contribution in [2.24, 2.45) is 28.6 Å². The van der Waals surface area contributed by atoms with Crippen LogP contribution in [0.15, 0.2) is 11.6 Å². The Labute approximate surface area is 193 Å². The van der Waals surface area contributed by atoms with E-state index in [1.807, 2.05) is 0 Å². The van der Waals surface area contributed by atoms with Crippen molar-refractivity contribution < 1.29 is 38.8 Å². The van der Waals surface area contributed by atoms with Gasteiger partial charge in [0.2, 0.25) is 0 Å². The summed E-state index contributed by atoms with van der Waals surface area (Å²) in [5, 5.41) is 20.6. The molecular formula is C25H34O8. The first-order chi connectivity index (χ1) is 15.5. The smallest absolute Gasteiger partial charge is 0.466 e. The summed E-state index contributed by atoms with van der Waals surface area (Å²) in [7, 11) is 0. The van der Waals surface area contributed by atoms with Gasteiger partial charge in [0, 0.05) is 29.6 Å². The average molecular weight is 463 g/mol. The van der Waals surface area contributed by atoms with Crippen LogP contribution in [0.1, 0.15) is 65.7 Å². The highest BCUT2D eigenvalue weighted by atomic mass is 16.7. The minimum absolute atomic E-state index is 0.0245. The Morgan fingerprint density at radius 2 is 2.00 bits per heavy atom. The molecule has 33 heavy (non-hydrogen) atoms. The zero-order chi connectivity index (χ0) is 23.8. The van der Waals surface area contributed by atoms with Crippen LogP contribution in [0.3, 0.4) is 0 Å². The molecule has 5 rings (SSSR count). The number of carbonyl (C=O) groups excluding carboxylic acids is 2. The van der Waals surface area contributed by atoms with Gasteiger partial charge in [0.05, 0.1) is 30.8 Å². The molecule has 0 bridgehead atoms. The second-order valence-electron chi connectivity index (χ2n) is 11.1. The van der Waals surface area contributed by atoms with Crippen molar-refractivity contribution in [3.63, 3.8) is 0 Å². The highest BCUT2D eigenvalue weighted by Gasteiger charge is 2.82. The summed E-state index contributed by atoms with van der Waals surface area (Å²) in [4.78, 5) is 36.4. The quantitative estimate of drug-likeness (QED) is 0.472. The topological polar surface area (TPSA) is 123 Å². The number of hydrogen-bond donors (Lipinski definition) is 2. The standard InChI is InChI=1S/C25H34O8/c1-4-31-20(27)16-12-14-11-15(26)5-7-22(14,2)25-18(33-25)13-23(3)17(19(16)25)6-8-24(23,30)9-10-32-21(28)29/h11,16-19,30H,4-10,12-13H2,1-3H3,(H,28,29)/t16-,17+,18-,19+,22+,23+,24-,25-/m1/s1. The average Bonchev–Trinajstić information content (AvgIpc) is 3.40. The van der Waals surface area contributed by atoms with E-state index in [1.54, 1.807) is 13.0 Å². The summed E-state index contributed by atoms with van der Waals surface area (Å²) in [6.07, 6.45) is 4.07. The highest BCUT2D eigenvalue weighted by Crippen LogP contribution is 2.77. The van der Waals surface area contributed by atoms with E-state index in [0.29, 0.717) is 32.1 Å². The largest absolute Gasteiger partial charge is 0.505 e. The van der Waals surface area contributed by atoms with E-state index in [2.05, 4.69) is 13.8 Å². The second kappa shape index (κ2) is 7.28. The minimum atomic E-state index is -1.35. The summed E-state index contributed by atoms with van der Waals surface area (Å²) in [6, 6.07) is 0. The Morgan fingerprint density at radius 3 is 2.70 bits per heavy atom. The number of ether oxygens (including phenoxy) is 3. The summed E-state index contributed by atoms with van der Waals surface area (Å²) in [5.41, 5.74) is -1.46. The third-order valence-electron chi connectivity index (χ3n) is 10.0. The van der Waals surface area contributed by atoms with Crippen molar-refractivity contribution in [3.8, 4) is 0 Å². The third-order valence-corrected chi connectivity index (χ3v) is 10.0. The zero-order valence-corrected chi connectivity index (χ0v) is 19.6. The first-order valence-electron chi connectivity index (χ1n) is 12.2. The molecule has 0 aromatic rings. The lowest BCUT2D eigenvalue weighted by Crippen LogP contribution is -2.63.